The number of allylic oxidation sites excluding steroid dienone is 2. The van der Waals surface area contributed by atoms with E-state index in [2.05, 4.69) is 26.0 Å². The van der Waals surface area contributed by atoms with Crippen molar-refractivity contribution in [2.24, 2.45) is 0 Å². The number of aromatic hydroxyl groups is 1. The van der Waals surface area contributed by atoms with Crippen LogP contribution in [-0.4, -0.2) is 10.2 Å². The highest BCUT2D eigenvalue weighted by atomic mass is 16.3. The highest BCUT2D eigenvalue weighted by molar-refractivity contribution is 5.37. The Balaban J connectivity index is 2.75. The largest absolute Gasteiger partial charge is 0.508 e. The fraction of sp³-hybridized carbons (Fsp3) is 0.429. The fourth-order valence-corrected chi connectivity index (χ4v) is 1.64. The molecule has 0 aromatic heterocycles. The van der Waals surface area contributed by atoms with Crippen molar-refractivity contribution in [3.8, 4) is 5.75 Å². The van der Waals surface area contributed by atoms with Crippen molar-refractivity contribution in [1.82, 2.24) is 0 Å². The van der Waals surface area contributed by atoms with Crippen LogP contribution in [0.25, 0.3) is 0 Å². The minimum atomic E-state index is -0.114. The standard InChI is InChI=1S/C14H20O2/c1-3-4-5-6-11(2)12-7-8-14(16)13(9-12)10-15/h4-5,7-9,11,15-16H,3,6,10H2,1-2H3/b5-4-. The summed E-state index contributed by atoms with van der Waals surface area (Å²) in [7, 11) is 0. The van der Waals surface area contributed by atoms with Crippen LogP contribution in [0.15, 0.2) is 30.4 Å². The summed E-state index contributed by atoms with van der Waals surface area (Å²) >= 11 is 0. The molecule has 0 radical (unpaired) electrons. The van der Waals surface area contributed by atoms with Crippen LogP contribution in [0.5, 0.6) is 5.75 Å². The second-order valence-electron chi connectivity index (χ2n) is 4.06. The summed E-state index contributed by atoms with van der Waals surface area (Å²) in [6.45, 7) is 4.15. The summed E-state index contributed by atoms with van der Waals surface area (Å²) in [5.41, 5.74) is 1.76. The van der Waals surface area contributed by atoms with E-state index in [-0.39, 0.29) is 12.4 Å². The van der Waals surface area contributed by atoms with Crippen LogP contribution in [0.2, 0.25) is 0 Å². The average molecular weight is 220 g/mol. The lowest BCUT2D eigenvalue weighted by atomic mass is 9.95. The van der Waals surface area contributed by atoms with Crippen molar-refractivity contribution >= 4 is 0 Å². The van der Waals surface area contributed by atoms with E-state index in [9.17, 15) is 5.11 Å². The van der Waals surface area contributed by atoms with Gasteiger partial charge in [-0.1, -0.05) is 32.1 Å². The zero-order chi connectivity index (χ0) is 12.0. The van der Waals surface area contributed by atoms with Gasteiger partial charge < -0.3 is 10.2 Å². The van der Waals surface area contributed by atoms with Crippen molar-refractivity contribution in [2.45, 2.75) is 39.2 Å². The SMILES string of the molecule is CC/C=C\CC(C)c1ccc(O)c(CO)c1. The molecule has 0 aliphatic heterocycles. The van der Waals surface area contributed by atoms with E-state index in [1.54, 1.807) is 6.07 Å². The van der Waals surface area contributed by atoms with Gasteiger partial charge in [-0.05, 0) is 36.5 Å². The van der Waals surface area contributed by atoms with Crippen molar-refractivity contribution in [3.63, 3.8) is 0 Å². The predicted molar refractivity (Wildman–Crippen MR) is 66.5 cm³/mol. The van der Waals surface area contributed by atoms with Crippen molar-refractivity contribution in [1.29, 1.82) is 0 Å². The molecule has 0 aliphatic carbocycles. The van der Waals surface area contributed by atoms with Gasteiger partial charge in [0.25, 0.3) is 0 Å². The minimum Gasteiger partial charge on any atom is -0.508 e. The molecule has 2 N–H and O–H groups in total. The maximum atomic E-state index is 9.46. The van der Waals surface area contributed by atoms with Crippen molar-refractivity contribution in [3.05, 3.63) is 41.5 Å². The van der Waals surface area contributed by atoms with Gasteiger partial charge in [0.05, 0.1) is 6.61 Å². The second-order valence-corrected chi connectivity index (χ2v) is 4.06. The van der Waals surface area contributed by atoms with Crippen LogP contribution in [0, 0.1) is 0 Å². The molecule has 88 valence electrons. The molecule has 16 heavy (non-hydrogen) atoms. The molecule has 0 aliphatic rings. The van der Waals surface area contributed by atoms with E-state index < -0.39 is 0 Å². The average Bonchev–Trinajstić information content (AvgIpc) is 2.30. The first-order valence-electron chi connectivity index (χ1n) is 5.76. The lowest BCUT2D eigenvalue weighted by molar-refractivity contribution is 0.275. The zero-order valence-electron chi connectivity index (χ0n) is 9.98. The number of hydrogen-bond donors (Lipinski definition) is 2. The maximum Gasteiger partial charge on any atom is 0.121 e. The lowest BCUT2D eigenvalue weighted by Crippen LogP contribution is -1.94. The van der Waals surface area contributed by atoms with E-state index in [4.69, 9.17) is 5.11 Å². The number of hydrogen-bond acceptors (Lipinski definition) is 2. The van der Waals surface area contributed by atoms with E-state index in [1.165, 1.54) is 0 Å². The molecule has 2 nitrogen and oxygen atoms in total. The summed E-state index contributed by atoms with van der Waals surface area (Å²) < 4.78 is 0. The molecule has 0 saturated carbocycles. The lowest BCUT2D eigenvalue weighted by Gasteiger charge is -2.11. The molecule has 1 atom stereocenters. The third kappa shape index (κ3) is 3.38. The normalized spacial score (nSPS) is 13.2. The quantitative estimate of drug-likeness (QED) is 0.747. The van der Waals surface area contributed by atoms with E-state index >= 15 is 0 Å². The van der Waals surface area contributed by atoms with Crippen LogP contribution in [0.3, 0.4) is 0 Å². The molecule has 0 amide bonds. The third-order valence-corrected chi connectivity index (χ3v) is 2.73. The Morgan fingerprint density at radius 1 is 1.31 bits per heavy atom. The van der Waals surface area contributed by atoms with Gasteiger partial charge >= 0.3 is 0 Å². The molecule has 2 heteroatoms. The molecule has 0 spiro atoms. The molecule has 1 aromatic carbocycles. The first-order chi connectivity index (χ1) is 7.69. The molecule has 1 aromatic rings. The van der Waals surface area contributed by atoms with Crippen molar-refractivity contribution < 1.29 is 10.2 Å². The first-order valence-corrected chi connectivity index (χ1v) is 5.76. The van der Waals surface area contributed by atoms with Gasteiger partial charge in [0.15, 0.2) is 0 Å². The van der Waals surface area contributed by atoms with Gasteiger partial charge in [-0.15, -0.1) is 0 Å². The Bertz CT molecular complexity index is 356. The van der Waals surface area contributed by atoms with Crippen molar-refractivity contribution in [2.75, 3.05) is 0 Å². The van der Waals surface area contributed by atoms with Crippen LogP contribution >= 0.6 is 0 Å². The Kier molecular flexibility index (Phi) is 5.06. The number of benzene rings is 1. The minimum absolute atomic E-state index is 0.114. The maximum absolute atomic E-state index is 9.46. The Labute approximate surface area is 97.2 Å². The predicted octanol–water partition coefficient (Wildman–Crippen LogP) is 3.34. The molecule has 0 fully saturated rings. The molecule has 1 rings (SSSR count). The number of phenols is 1. The summed E-state index contributed by atoms with van der Waals surface area (Å²) in [5.74, 6) is 0.580. The Hall–Kier alpha value is -1.28. The van der Waals surface area contributed by atoms with Crippen LogP contribution < -0.4 is 0 Å². The Morgan fingerprint density at radius 3 is 2.69 bits per heavy atom. The Morgan fingerprint density at radius 2 is 2.06 bits per heavy atom. The molecule has 0 bridgehead atoms. The summed E-state index contributed by atoms with van der Waals surface area (Å²) in [4.78, 5) is 0. The topological polar surface area (TPSA) is 40.5 Å². The fourth-order valence-electron chi connectivity index (χ4n) is 1.64. The van der Waals surface area contributed by atoms with Gasteiger partial charge in [0.1, 0.15) is 5.75 Å². The molecule has 1 unspecified atom stereocenters. The highest BCUT2D eigenvalue weighted by Gasteiger charge is 2.07. The van der Waals surface area contributed by atoms with Crippen LogP contribution in [0.4, 0.5) is 0 Å². The highest BCUT2D eigenvalue weighted by Crippen LogP contribution is 2.25. The number of rotatable bonds is 5. The second kappa shape index (κ2) is 6.33. The van der Waals surface area contributed by atoms with Crippen LogP contribution in [0.1, 0.15) is 43.7 Å². The first kappa shape index (κ1) is 12.8. The number of aliphatic hydroxyl groups excluding tert-OH is 1. The smallest absolute Gasteiger partial charge is 0.121 e. The molecule has 0 heterocycles. The van der Waals surface area contributed by atoms with Gasteiger partial charge in [-0.2, -0.15) is 0 Å². The van der Waals surface area contributed by atoms with Gasteiger partial charge in [0, 0.05) is 5.56 Å². The summed E-state index contributed by atoms with van der Waals surface area (Å²) in [5, 5.41) is 18.5. The van der Waals surface area contributed by atoms with Gasteiger partial charge in [0.2, 0.25) is 0 Å². The molecular weight excluding hydrogens is 200 g/mol. The van der Waals surface area contributed by atoms with E-state index in [0.717, 1.165) is 18.4 Å². The van der Waals surface area contributed by atoms with Gasteiger partial charge in [-0.3, -0.25) is 0 Å². The summed E-state index contributed by atoms with van der Waals surface area (Å²) in [6.07, 6.45) is 6.38. The third-order valence-electron chi connectivity index (χ3n) is 2.73. The van der Waals surface area contributed by atoms with E-state index in [0.29, 0.717) is 11.5 Å². The molecule has 0 saturated heterocycles. The summed E-state index contributed by atoms with van der Waals surface area (Å²) in [6, 6.07) is 5.44. The van der Waals surface area contributed by atoms with Gasteiger partial charge in [-0.25, -0.2) is 0 Å². The monoisotopic (exact) mass is 220 g/mol. The van der Waals surface area contributed by atoms with Crippen LogP contribution in [-0.2, 0) is 6.61 Å². The number of aliphatic hydroxyl groups is 1. The molecular formula is C14H20O2. The zero-order valence-corrected chi connectivity index (χ0v) is 9.98. The van der Waals surface area contributed by atoms with E-state index in [1.807, 2.05) is 12.1 Å².